The first kappa shape index (κ1) is 23.5. The quantitative estimate of drug-likeness (QED) is 0.406. The molecule has 0 spiro atoms. The summed E-state index contributed by atoms with van der Waals surface area (Å²) in [5, 5.41) is 15.5. The van der Waals surface area contributed by atoms with E-state index in [0.29, 0.717) is 55.2 Å². The lowest BCUT2D eigenvalue weighted by Crippen LogP contribution is -2.48. The van der Waals surface area contributed by atoms with E-state index in [9.17, 15) is 23.7 Å². The van der Waals surface area contributed by atoms with E-state index < -0.39 is 16.6 Å². The summed E-state index contributed by atoms with van der Waals surface area (Å²) in [6.45, 7) is 5.91. The van der Waals surface area contributed by atoms with Gasteiger partial charge >= 0.3 is 5.69 Å². The van der Waals surface area contributed by atoms with Gasteiger partial charge in [-0.3, -0.25) is 24.5 Å². The Bertz CT molecular complexity index is 1240. The van der Waals surface area contributed by atoms with Crippen molar-refractivity contribution in [3.05, 3.63) is 92.3 Å². The fraction of sp³-hybridized carbons (Fsp3) is 0.333. The average Bonchev–Trinajstić information content (AvgIpc) is 3.10. The normalized spacial score (nSPS) is 14.4. The Labute approximate surface area is 195 Å². The number of halogens is 2. The molecule has 178 valence electrons. The predicted molar refractivity (Wildman–Crippen MR) is 121 cm³/mol. The number of aromatic nitrogens is 2. The first-order chi connectivity index (χ1) is 16.2. The van der Waals surface area contributed by atoms with Crippen LogP contribution in [0.3, 0.4) is 0 Å². The number of carbonyl (C=O) groups is 1. The first-order valence-electron chi connectivity index (χ1n) is 11.0. The minimum absolute atomic E-state index is 0.00299. The number of benzene rings is 2. The Morgan fingerprint density at radius 3 is 2.44 bits per heavy atom. The van der Waals surface area contributed by atoms with Gasteiger partial charge in [-0.2, -0.15) is 5.10 Å². The molecule has 8 nitrogen and oxygen atoms in total. The summed E-state index contributed by atoms with van der Waals surface area (Å²) in [5.41, 5.74) is 2.46. The van der Waals surface area contributed by atoms with Crippen molar-refractivity contribution in [1.29, 1.82) is 0 Å². The van der Waals surface area contributed by atoms with Crippen LogP contribution < -0.4 is 0 Å². The smallest absolute Gasteiger partial charge is 0.312 e. The van der Waals surface area contributed by atoms with Crippen LogP contribution in [0, 0.1) is 35.6 Å². The Hall–Kier alpha value is -3.66. The maximum atomic E-state index is 14.0. The van der Waals surface area contributed by atoms with Crippen molar-refractivity contribution < 1.29 is 18.5 Å². The van der Waals surface area contributed by atoms with E-state index in [-0.39, 0.29) is 18.1 Å². The highest BCUT2D eigenvalue weighted by molar-refractivity contribution is 5.94. The Kier molecular flexibility index (Phi) is 6.69. The van der Waals surface area contributed by atoms with E-state index in [2.05, 4.69) is 5.10 Å². The van der Waals surface area contributed by atoms with Crippen molar-refractivity contribution in [1.82, 2.24) is 19.6 Å². The van der Waals surface area contributed by atoms with Gasteiger partial charge in [-0.25, -0.2) is 8.78 Å². The largest absolute Gasteiger partial charge is 0.336 e. The molecule has 10 heteroatoms. The molecule has 0 aliphatic carbocycles. The molecule has 0 radical (unpaired) electrons. The maximum Gasteiger partial charge on any atom is 0.312 e. The predicted octanol–water partition coefficient (Wildman–Crippen LogP) is 3.69. The van der Waals surface area contributed by atoms with Crippen molar-refractivity contribution in [3.63, 3.8) is 0 Å². The monoisotopic (exact) mass is 469 g/mol. The van der Waals surface area contributed by atoms with Crippen LogP contribution in [0.5, 0.6) is 0 Å². The molecule has 0 atom stereocenters. The standard InChI is InChI=1S/C24H25F2N5O3/c1-16-23(31(33)34)17(2)30(27-16)14-18-5-3-6-19(13-18)24(32)29-11-9-28(10-12-29)15-20-7-4-8-21(25)22(20)26/h3-8,13H,9-12,14-15H2,1-2H3. The topological polar surface area (TPSA) is 84.5 Å². The second-order valence-corrected chi connectivity index (χ2v) is 8.42. The number of hydrogen-bond donors (Lipinski definition) is 0. The number of nitrogens with zero attached hydrogens (tertiary/aromatic N) is 5. The summed E-state index contributed by atoms with van der Waals surface area (Å²) in [6.07, 6.45) is 0. The van der Waals surface area contributed by atoms with Gasteiger partial charge in [-0.05, 0) is 37.6 Å². The van der Waals surface area contributed by atoms with Crippen molar-refractivity contribution in [2.45, 2.75) is 26.9 Å². The zero-order valence-corrected chi connectivity index (χ0v) is 19.0. The molecule has 0 bridgehead atoms. The van der Waals surface area contributed by atoms with Crippen LogP contribution in [0.25, 0.3) is 0 Å². The van der Waals surface area contributed by atoms with Crippen LogP contribution in [0.1, 0.15) is 32.9 Å². The van der Waals surface area contributed by atoms with Gasteiger partial charge in [0.2, 0.25) is 0 Å². The fourth-order valence-corrected chi connectivity index (χ4v) is 4.28. The molecular weight excluding hydrogens is 444 g/mol. The van der Waals surface area contributed by atoms with Crippen molar-refractivity contribution in [2.24, 2.45) is 0 Å². The van der Waals surface area contributed by atoms with E-state index in [1.165, 1.54) is 6.07 Å². The molecule has 1 aliphatic heterocycles. The number of rotatable bonds is 6. The second kappa shape index (κ2) is 9.68. The molecule has 0 N–H and O–H groups in total. The van der Waals surface area contributed by atoms with Gasteiger partial charge in [0.05, 0.1) is 11.5 Å². The SMILES string of the molecule is Cc1nn(Cc2cccc(C(=O)N3CCN(Cc4cccc(F)c4F)CC3)c2)c(C)c1[N+](=O)[O-]. The van der Waals surface area contributed by atoms with E-state index in [1.54, 1.807) is 47.7 Å². The zero-order valence-electron chi connectivity index (χ0n) is 19.0. The van der Waals surface area contributed by atoms with Gasteiger partial charge < -0.3 is 4.90 Å². The molecule has 2 aromatic carbocycles. The summed E-state index contributed by atoms with van der Waals surface area (Å²) >= 11 is 0. The van der Waals surface area contributed by atoms with Gasteiger partial charge in [0.15, 0.2) is 11.6 Å². The molecule has 0 unspecified atom stereocenters. The van der Waals surface area contributed by atoms with Crippen LogP contribution in [-0.2, 0) is 13.1 Å². The third-order valence-corrected chi connectivity index (χ3v) is 6.12. The second-order valence-electron chi connectivity index (χ2n) is 8.42. The van der Waals surface area contributed by atoms with Gasteiger partial charge in [-0.1, -0.05) is 24.3 Å². The number of aryl methyl sites for hydroxylation is 1. The first-order valence-corrected chi connectivity index (χ1v) is 11.0. The zero-order chi connectivity index (χ0) is 24.4. The summed E-state index contributed by atoms with van der Waals surface area (Å²) < 4.78 is 29.0. The number of nitro groups is 1. The maximum absolute atomic E-state index is 14.0. The Balaban J connectivity index is 1.40. The lowest BCUT2D eigenvalue weighted by atomic mass is 10.1. The minimum atomic E-state index is -0.860. The highest BCUT2D eigenvalue weighted by Crippen LogP contribution is 2.23. The highest BCUT2D eigenvalue weighted by Gasteiger charge is 2.24. The average molecular weight is 469 g/mol. The van der Waals surface area contributed by atoms with Gasteiger partial charge in [0.1, 0.15) is 11.4 Å². The molecule has 1 saturated heterocycles. The van der Waals surface area contributed by atoms with E-state index in [4.69, 9.17) is 0 Å². The number of amides is 1. The molecule has 2 heterocycles. The van der Waals surface area contributed by atoms with Crippen LogP contribution in [0.15, 0.2) is 42.5 Å². The third-order valence-electron chi connectivity index (χ3n) is 6.12. The Morgan fingerprint density at radius 1 is 1.06 bits per heavy atom. The van der Waals surface area contributed by atoms with Gasteiger partial charge in [0.25, 0.3) is 5.91 Å². The lowest BCUT2D eigenvalue weighted by Gasteiger charge is -2.35. The van der Waals surface area contributed by atoms with Crippen LogP contribution >= 0.6 is 0 Å². The van der Waals surface area contributed by atoms with Crippen molar-refractivity contribution in [2.75, 3.05) is 26.2 Å². The molecule has 1 aliphatic rings. The molecule has 4 rings (SSSR count). The van der Waals surface area contributed by atoms with E-state index in [1.807, 2.05) is 11.0 Å². The molecule has 0 saturated carbocycles. The summed E-state index contributed by atoms with van der Waals surface area (Å²) in [6, 6.07) is 11.3. The Morgan fingerprint density at radius 2 is 1.76 bits per heavy atom. The fourth-order valence-electron chi connectivity index (χ4n) is 4.28. The number of piperazine rings is 1. The van der Waals surface area contributed by atoms with Crippen LogP contribution in [0.4, 0.5) is 14.5 Å². The van der Waals surface area contributed by atoms with Gasteiger partial charge in [0, 0.05) is 43.9 Å². The molecule has 3 aromatic rings. The number of carbonyl (C=O) groups excluding carboxylic acids is 1. The molecule has 34 heavy (non-hydrogen) atoms. The van der Waals surface area contributed by atoms with Crippen LogP contribution in [-0.4, -0.2) is 56.6 Å². The summed E-state index contributed by atoms with van der Waals surface area (Å²) in [7, 11) is 0. The third kappa shape index (κ3) is 4.81. The molecular formula is C24H25F2N5O3. The van der Waals surface area contributed by atoms with Crippen molar-refractivity contribution >= 4 is 11.6 Å². The molecule has 1 amide bonds. The van der Waals surface area contributed by atoms with Crippen molar-refractivity contribution in [3.8, 4) is 0 Å². The molecule has 1 fully saturated rings. The molecule has 1 aromatic heterocycles. The van der Waals surface area contributed by atoms with E-state index >= 15 is 0 Å². The highest BCUT2D eigenvalue weighted by atomic mass is 19.2. The summed E-state index contributed by atoms with van der Waals surface area (Å²) in [4.78, 5) is 27.6. The van der Waals surface area contributed by atoms with Gasteiger partial charge in [-0.15, -0.1) is 0 Å². The van der Waals surface area contributed by atoms with Crippen LogP contribution in [0.2, 0.25) is 0 Å². The number of hydrogen-bond acceptors (Lipinski definition) is 5. The summed E-state index contributed by atoms with van der Waals surface area (Å²) in [5.74, 6) is -1.80. The lowest BCUT2D eigenvalue weighted by molar-refractivity contribution is -0.386. The minimum Gasteiger partial charge on any atom is -0.336 e. The van der Waals surface area contributed by atoms with E-state index in [0.717, 1.165) is 11.6 Å².